The number of fused-ring (bicyclic) bond motifs is 5. The quantitative estimate of drug-likeness (QED) is 0.815. The normalized spacial score (nSPS) is 45.2. The number of amides is 1. The topological polar surface area (TPSA) is 55.1 Å². The number of hydrogen-bond acceptors (Lipinski definition) is 2. The maximum absolute atomic E-state index is 12.1. The molecule has 0 radical (unpaired) electrons. The van der Waals surface area contributed by atoms with E-state index in [1.807, 2.05) is 0 Å². The summed E-state index contributed by atoms with van der Waals surface area (Å²) in [6.07, 6.45) is 9.94. The Bertz CT molecular complexity index is 379. The predicted molar refractivity (Wildman–Crippen MR) is 74.3 cm³/mol. The highest BCUT2D eigenvalue weighted by atomic mass is 16.1. The Morgan fingerprint density at radius 3 is 2.68 bits per heavy atom. The highest BCUT2D eigenvalue weighted by molar-refractivity contribution is 5.77. The second kappa shape index (κ2) is 4.47. The molecule has 0 aromatic rings. The van der Waals surface area contributed by atoms with Gasteiger partial charge in [0, 0.05) is 18.5 Å². The van der Waals surface area contributed by atoms with Crippen molar-refractivity contribution in [1.82, 2.24) is 5.32 Å². The third kappa shape index (κ3) is 2.10. The lowest BCUT2D eigenvalue weighted by molar-refractivity contribution is -0.122. The summed E-state index contributed by atoms with van der Waals surface area (Å²) in [6, 6.07) is 0.584. The summed E-state index contributed by atoms with van der Waals surface area (Å²) in [7, 11) is 0. The van der Waals surface area contributed by atoms with Gasteiger partial charge >= 0.3 is 0 Å². The van der Waals surface area contributed by atoms with Crippen LogP contribution in [0, 0.1) is 29.6 Å². The van der Waals surface area contributed by atoms with Crippen LogP contribution >= 0.6 is 0 Å². The van der Waals surface area contributed by atoms with Gasteiger partial charge in [0.15, 0.2) is 0 Å². The van der Waals surface area contributed by atoms with Crippen LogP contribution in [0.2, 0.25) is 0 Å². The smallest absolute Gasteiger partial charge is 0.221 e. The molecule has 2 bridgehead atoms. The Morgan fingerprint density at radius 2 is 1.89 bits per heavy atom. The Kier molecular flexibility index (Phi) is 2.87. The van der Waals surface area contributed by atoms with Crippen molar-refractivity contribution in [3.8, 4) is 0 Å². The maximum atomic E-state index is 12.1. The first kappa shape index (κ1) is 12.2. The average molecular weight is 262 g/mol. The second-order valence-corrected chi connectivity index (χ2v) is 7.53. The van der Waals surface area contributed by atoms with Crippen molar-refractivity contribution in [1.29, 1.82) is 0 Å². The van der Waals surface area contributed by atoms with Gasteiger partial charge in [0.05, 0.1) is 0 Å². The summed E-state index contributed by atoms with van der Waals surface area (Å²) < 4.78 is 0. The van der Waals surface area contributed by atoms with E-state index in [0.29, 0.717) is 18.4 Å². The molecule has 4 aliphatic rings. The van der Waals surface area contributed by atoms with Crippen molar-refractivity contribution in [2.24, 2.45) is 35.3 Å². The molecule has 6 unspecified atom stereocenters. The first-order valence-corrected chi connectivity index (χ1v) is 8.27. The van der Waals surface area contributed by atoms with Gasteiger partial charge in [-0.25, -0.2) is 0 Å². The van der Waals surface area contributed by atoms with Crippen LogP contribution in [0.25, 0.3) is 0 Å². The number of rotatable bonds is 4. The molecule has 0 aromatic carbocycles. The van der Waals surface area contributed by atoms with Crippen molar-refractivity contribution in [2.75, 3.05) is 0 Å². The minimum absolute atomic E-state index is 0.109. The van der Waals surface area contributed by atoms with Gasteiger partial charge in [0.1, 0.15) is 0 Å². The van der Waals surface area contributed by atoms with E-state index in [1.54, 1.807) is 0 Å². The van der Waals surface area contributed by atoms with Crippen LogP contribution in [0.1, 0.15) is 51.4 Å². The van der Waals surface area contributed by atoms with Gasteiger partial charge in [-0.3, -0.25) is 4.79 Å². The third-order valence-electron chi connectivity index (χ3n) is 6.42. The van der Waals surface area contributed by atoms with Crippen LogP contribution in [0.3, 0.4) is 0 Å². The second-order valence-electron chi connectivity index (χ2n) is 7.53. The minimum atomic E-state index is 0.109. The van der Waals surface area contributed by atoms with E-state index in [4.69, 9.17) is 5.73 Å². The van der Waals surface area contributed by atoms with Crippen molar-refractivity contribution in [2.45, 2.75) is 63.5 Å². The number of carbonyl (C=O) groups is 1. The van der Waals surface area contributed by atoms with Gasteiger partial charge in [0.25, 0.3) is 0 Å². The summed E-state index contributed by atoms with van der Waals surface area (Å²) in [6.45, 7) is 0. The molecule has 4 saturated carbocycles. The van der Waals surface area contributed by atoms with Crippen molar-refractivity contribution < 1.29 is 4.79 Å². The molecule has 3 heteroatoms. The molecule has 0 aromatic heterocycles. The van der Waals surface area contributed by atoms with Crippen LogP contribution < -0.4 is 11.1 Å². The molecule has 0 aliphatic heterocycles. The molecule has 1 amide bonds. The van der Waals surface area contributed by atoms with Crippen LogP contribution in [-0.4, -0.2) is 18.0 Å². The fourth-order valence-corrected chi connectivity index (χ4v) is 5.40. The molecule has 0 spiro atoms. The van der Waals surface area contributed by atoms with Gasteiger partial charge in [-0.2, -0.15) is 0 Å². The van der Waals surface area contributed by atoms with Crippen LogP contribution in [0.4, 0.5) is 0 Å². The van der Waals surface area contributed by atoms with E-state index < -0.39 is 0 Å². The largest absolute Gasteiger partial charge is 0.353 e. The minimum Gasteiger partial charge on any atom is -0.353 e. The van der Waals surface area contributed by atoms with E-state index in [-0.39, 0.29) is 11.9 Å². The monoisotopic (exact) mass is 262 g/mol. The fourth-order valence-electron chi connectivity index (χ4n) is 5.40. The molecule has 3 nitrogen and oxygen atoms in total. The van der Waals surface area contributed by atoms with E-state index in [0.717, 1.165) is 23.7 Å². The zero-order valence-electron chi connectivity index (χ0n) is 11.7. The summed E-state index contributed by atoms with van der Waals surface area (Å²) >= 11 is 0. The van der Waals surface area contributed by atoms with Gasteiger partial charge in [0.2, 0.25) is 5.91 Å². The van der Waals surface area contributed by atoms with Crippen molar-refractivity contribution in [3.05, 3.63) is 0 Å². The van der Waals surface area contributed by atoms with Crippen molar-refractivity contribution >= 4 is 5.91 Å². The number of hydrogen-bond donors (Lipinski definition) is 2. The van der Waals surface area contributed by atoms with Gasteiger partial charge in [-0.05, 0) is 68.1 Å². The molecular weight excluding hydrogens is 236 g/mol. The lowest BCUT2D eigenvalue weighted by Gasteiger charge is -2.32. The molecule has 4 aliphatic carbocycles. The Balaban J connectivity index is 1.33. The maximum Gasteiger partial charge on any atom is 0.221 e. The van der Waals surface area contributed by atoms with E-state index in [9.17, 15) is 4.79 Å². The number of nitrogens with one attached hydrogen (secondary N) is 1. The lowest BCUT2D eigenvalue weighted by Crippen LogP contribution is -2.44. The van der Waals surface area contributed by atoms with Gasteiger partial charge in [-0.15, -0.1) is 0 Å². The SMILES string of the molecule is NC(CC(=O)NC1CC2CC1C1CCCC21)C1CC1. The molecule has 0 saturated heterocycles. The Labute approximate surface area is 115 Å². The molecule has 6 atom stereocenters. The highest BCUT2D eigenvalue weighted by Crippen LogP contribution is 2.58. The molecular formula is C16H26N2O. The predicted octanol–water partition coefficient (Wildman–Crippen LogP) is 2.05. The van der Waals surface area contributed by atoms with Gasteiger partial charge in [-0.1, -0.05) is 6.42 Å². The third-order valence-corrected chi connectivity index (χ3v) is 6.42. The molecule has 4 rings (SSSR count). The molecule has 0 heterocycles. The van der Waals surface area contributed by atoms with E-state index >= 15 is 0 Å². The van der Waals surface area contributed by atoms with E-state index in [2.05, 4.69) is 5.32 Å². The molecule has 19 heavy (non-hydrogen) atoms. The van der Waals surface area contributed by atoms with Crippen molar-refractivity contribution in [3.63, 3.8) is 0 Å². The number of nitrogens with two attached hydrogens (primary N) is 1. The molecule has 3 N–H and O–H groups in total. The highest BCUT2D eigenvalue weighted by Gasteiger charge is 2.54. The van der Waals surface area contributed by atoms with Crippen LogP contribution in [-0.2, 0) is 4.79 Å². The average Bonchev–Trinajstić information content (AvgIpc) is 2.82. The first-order valence-electron chi connectivity index (χ1n) is 8.27. The summed E-state index contributed by atoms with van der Waals surface area (Å²) in [4.78, 5) is 12.1. The Hall–Kier alpha value is -0.570. The molecule has 4 fully saturated rings. The van der Waals surface area contributed by atoms with Crippen LogP contribution in [0.15, 0.2) is 0 Å². The molecule has 106 valence electrons. The summed E-state index contributed by atoms with van der Waals surface area (Å²) in [5, 5.41) is 3.32. The summed E-state index contributed by atoms with van der Waals surface area (Å²) in [5.41, 5.74) is 6.05. The standard InChI is InChI=1S/C16H26N2O/c17-14(9-4-5-9)8-16(19)18-15-7-10-6-13(15)12-3-1-2-11(10)12/h9-15H,1-8,17H2,(H,18,19). The fraction of sp³-hybridized carbons (Fsp3) is 0.938. The van der Waals surface area contributed by atoms with E-state index in [1.165, 1.54) is 44.9 Å². The Morgan fingerprint density at radius 1 is 1.11 bits per heavy atom. The van der Waals surface area contributed by atoms with Crippen LogP contribution in [0.5, 0.6) is 0 Å². The number of carbonyl (C=O) groups excluding carboxylic acids is 1. The zero-order valence-corrected chi connectivity index (χ0v) is 11.7. The first-order chi connectivity index (χ1) is 9.22. The lowest BCUT2D eigenvalue weighted by atomic mass is 9.79. The van der Waals surface area contributed by atoms with Gasteiger partial charge < -0.3 is 11.1 Å². The summed E-state index contributed by atoms with van der Waals surface area (Å²) in [5.74, 6) is 4.49. The zero-order chi connectivity index (χ0) is 13.0.